The third kappa shape index (κ3) is 7.22. The van der Waals surface area contributed by atoms with Crippen LogP contribution in [0.1, 0.15) is 32.6 Å². The van der Waals surface area contributed by atoms with Crippen molar-refractivity contribution in [1.29, 1.82) is 0 Å². The Bertz CT molecular complexity index is 341. The molecule has 2 amide bonds. The van der Waals surface area contributed by atoms with E-state index in [9.17, 15) is 9.59 Å². The molecule has 6 nitrogen and oxygen atoms in total. The van der Waals surface area contributed by atoms with Crippen LogP contribution in [0.4, 0.5) is 0 Å². The molecule has 1 rings (SSSR count). The molecule has 1 saturated heterocycles. The van der Waals surface area contributed by atoms with Crippen molar-refractivity contribution in [2.24, 2.45) is 5.92 Å². The van der Waals surface area contributed by atoms with Crippen LogP contribution in [0, 0.1) is 5.92 Å². The van der Waals surface area contributed by atoms with Gasteiger partial charge in [0.1, 0.15) is 0 Å². The average Bonchev–Trinajstić information content (AvgIpc) is 2.52. The summed E-state index contributed by atoms with van der Waals surface area (Å²) in [5.41, 5.74) is 0. The fourth-order valence-electron chi connectivity index (χ4n) is 2.72. The summed E-state index contributed by atoms with van der Waals surface area (Å²) in [6, 6.07) is 0. The molecule has 0 atom stereocenters. The van der Waals surface area contributed by atoms with Gasteiger partial charge >= 0.3 is 0 Å². The number of likely N-dealkylation sites (N-methyl/N-ethyl adjacent to an activating group) is 1. The van der Waals surface area contributed by atoms with Gasteiger partial charge < -0.3 is 15.5 Å². The predicted octanol–water partition coefficient (Wildman–Crippen LogP) is 0.293. The van der Waals surface area contributed by atoms with Crippen molar-refractivity contribution in [1.82, 2.24) is 20.4 Å². The Kier molecular flexibility index (Phi) is 9.08. The van der Waals surface area contributed by atoms with Gasteiger partial charge in [0, 0.05) is 13.6 Å². The monoisotopic (exact) mass is 312 g/mol. The van der Waals surface area contributed by atoms with Crippen molar-refractivity contribution in [3.63, 3.8) is 0 Å². The summed E-state index contributed by atoms with van der Waals surface area (Å²) in [6.45, 7) is 6.29. The normalized spacial score (nSPS) is 16.5. The molecule has 0 unspecified atom stereocenters. The summed E-state index contributed by atoms with van der Waals surface area (Å²) in [4.78, 5) is 27.5. The molecule has 0 spiro atoms. The lowest BCUT2D eigenvalue weighted by atomic mass is 9.93. The lowest BCUT2D eigenvalue weighted by molar-refractivity contribution is -0.135. The number of carbonyl (C=O) groups excluding carboxylic acids is 2. The molecule has 0 aromatic rings. The van der Waals surface area contributed by atoms with Gasteiger partial charge in [0.05, 0.1) is 13.1 Å². The summed E-state index contributed by atoms with van der Waals surface area (Å²) in [6.07, 6.45) is 4.45. The van der Waals surface area contributed by atoms with Crippen LogP contribution in [0.3, 0.4) is 0 Å². The zero-order chi connectivity index (χ0) is 16.4. The Labute approximate surface area is 134 Å². The van der Waals surface area contributed by atoms with E-state index in [4.69, 9.17) is 0 Å². The van der Waals surface area contributed by atoms with Crippen LogP contribution < -0.4 is 10.6 Å². The van der Waals surface area contributed by atoms with E-state index in [0.29, 0.717) is 13.1 Å². The highest BCUT2D eigenvalue weighted by Gasteiger charge is 2.22. The minimum atomic E-state index is -0.0801. The van der Waals surface area contributed by atoms with Crippen LogP contribution in [-0.2, 0) is 9.59 Å². The molecule has 2 N–H and O–H groups in total. The second-order valence-corrected chi connectivity index (χ2v) is 6.21. The summed E-state index contributed by atoms with van der Waals surface area (Å²) >= 11 is 0. The van der Waals surface area contributed by atoms with Crippen LogP contribution in [0.2, 0.25) is 0 Å². The van der Waals surface area contributed by atoms with Gasteiger partial charge in [-0.05, 0) is 58.3 Å². The number of hydrogen-bond donors (Lipinski definition) is 2. The highest BCUT2D eigenvalue weighted by molar-refractivity contribution is 5.85. The molecule has 1 aliphatic heterocycles. The van der Waals surface area contributed by atoms with Crippen LogP contribution >= 0.6 is 0 Å². The van der Waals surface area contributed by atoms with Gasteiger partial charge in [-0.3, -0.25) is 14.5 Å². The van der Waals surface area contributed by atoms with Gasteiger partial charge in [0.25, 0.3) is 0 Å². The maximum Gasteiger partial charge on any atom is 0.239 e. The van der Waals surface area contributed by atoms with Gasteiger partial charge in [-0.15, -0.1) is 0 Å². The smallest absolute Gasteiger partial charge is 0.239 e. The highest BCUT2D eigenvalue weighted by atomic mass is 16.2. The molecule has 0 aliphatic carbocycles. The SMILES string of the molecule is CCCNC(=O)CN(C)C(=O)CN1CCC(CCNC)CC1. The molecule has 0 radical (unpaired) electrons. The molecule has 1 heterocycles. The lowest BCUT2D eigenvalue weighted by Gasteiger charge is -2.32. The Morgan fingerprint density at radius 3 is 2.50 bits per heavy atom. The van der Waals surface area contributed by atoms with E-state index in [1.54, 1.807) is 7.05 Å². The van der Waals surface area contributed by atoms with Crippen molar-refractivity contribution in [3.05, 3.63) is 0 Å². The number of amides is 2. The molecule has 6 heteroatoms. The zero-order valence-corrected chi connectivity index (χ0v) is 14.4. The first-order chi connectivity index (χ1) is 10.6. The third-order valence-corrected chi connectivity index (χ3v) is 4.25. The highest BCUT2D eigenvalue weighted by Crippen LogP contribution is 2.19. The molecule has 0 aromatic heterocycles. The van der Waals surface area contributed by atoms with Crippen LogP contribution in [0.5, 0.6) is 0 Å². The van der Waals surface area contributed by atoms with E-state index in [-0.39, 0.29) is 18.4 Å². The Hall–Kier alpha value is -1.14. The van der Waals surface area contributed by atoms with Crippen molar-refractivity contribution < 1.29 is 9.59 Å². The summed E-state index contributed by atoms with van der Waals surface area (Å²) in [5.74, 6) is 0.722. The number of hydrogen-bond acceptors (Lipinski definition) is 4. The maximum absolute atomic E-state index is 12.2. The number of nitrogens with zero attached hydrogens (tertiary/aromatic N) is 2. The third-order valence-electron chi connectivity index (χ3n) is 4.25. The van der Waals surface area contributed by atoms with Gasteiger partial charge in [0.2, 0.25) is 11.8 Å². The minimum Gasteiger partial charge on any atom is -0.355 e. The average molecular weight is 312 g/mol. The second-order valence-electron chi connectivity index (χ2n) is 6.21. The van der Waals surface area contributed by atoms with Crippen LogP contribution in [0.15, 0.2) is 0 Å². The molecule has 128 valence electrons. The van der Waals surface area contributed by atoms with Crippen molar-refractivity contribution in [2.45, 2.75) is 32.6 Å². The van der Waals surface area contributed by atoms with E-state index in [0.717, 1.165) is 44.8 Å². The van der Waals surface area contributed by atoms with Crippen molar-refractivity contribution in [2.75, 3.05) is 53.4 Å². The molecule has 1 aliphatic rings. The first-order valence-electron chi connectivity index (χ1n) is 8.44. The van der Waals surface area contributed by atoms with Gasteiger partial charge in [-0.2, -0.15) is 0 Å². The van der Waals surface area contributed by atoms with Crippen LogP contribution in [0.25, 0.3) is 0 Å². The fraction of sp³-hybridized carbons (Fsp3) is 0.875. The molecule has 0 aromatic carbocycles. The van der Waals surface area contributed by atoms with Gasteiger partial charge in [-0.1, -0.05) is 6.92 Å². The predicted molar refractivity (Wildman–Crippen MR) is 88.6 cm³/mol. The zero-order valence-electron chi connectivity index (χ0n) is 14.4. The number of nitrogens with one attached hydrogen (secondary N) is 2. The van der Waals surface area contributed by atoms with E-state index < -0.39 is 0 Å². The summed E-state index contributed by atoms with van der Waals surface area (Å²) in [7, 11) is 3.69. The first kappa shape index (κ1) is 18.9. The van der Waals surface area contributed by atoms with E-state index >= 15 is 0 Å². The quantitative estimate of drug-likeness (QED) is 0.642. The maximum atomic E-state index is 12.2. The second kappa shape index (κ2) is 10.6. The Balaban J connectivity index is 2.23. The molecular formula is C16H32N4O2. The van der Waals surface area contributed by atoms with Crippen LogP contribution in [-0.4, -0.2) is 75.0 Å². The number of likely N-dealkylation sites (tertiary alicyclic amines) is 1. The lowest BCUT2D eigenvalue weighted by Crippen LogP contribution is -2.45. The molecular weight excluding hydrogens is 280 g/mol. The standard InChI is InChI=1S/C16H32N4O2/c1-4-8-18-15(21)12-19(3)16(22)13-20-10-6-14(7-11-20)5-9-17-2/h14,17H,4-13H2,1-3H3,(H,18,21). The topological polar surface area (TPSA) is 64.7 Å². The molecule has 1 fully saturated rings. The van der Waals surface area contributed by atoms with E-state index in [1.807, 2.05) is 14.0 Å². The first-order valence-corrected chi connectivity index (χ1v) is 8.44. The van der Waals surface area contributed by atoms with Gasteiger partial charge in [-0.25, -0.2) is 0 Å². The molecule has 0 bridgehead atoms. The molecule has 0 saturated carbocycles. The van der Waals surface area contributed by atoms with E-state index in [2.05, 4.69) is 15.5 Å². The summed E-state index contributed by atoms with van der Waals surface area (Å²) < 4.78 is 0. The fourth-order valence-corrected chi connectivity index (χ4v) is 2.72. The Morgan fingerprint density at radius 2 is 1.91 bits per heavy atom. The van der Waals surface area contributed by atoms with Gasteiger partial charge in [0.15, 0.2) is 0 Å². The minimum absolute atomic E-state index is 0.0281. The summed E-state index contributed by atoms with van der Waals surface area (Å²) in [5, 5.41) is 5.99. The van der Waals surface area contributed by atoms with Crippen molar-refractivity contribution >= 4 is 11.8 Å². The number of carbonyl (C=O) groups is 2. The molecule has 22 heavy (non-hydrogen) atoms. The number of piperidine rings is 1. The van der Waals surface area contributed by atoms with Crippen molar-refractivity contribution in [3.8, 4) is 0 Å². The largest absolute Gasteiger partial charge is 0.355 e. The van der Waals surface area contributed by atoms with E-state index in [1.165, 1.54) is 11.3 Å². The number of rotatable bonds is 9. The Morgan fingerprint density at radius 1 is 1.23 bits per heavy atom.